The number of carboxylic acids is 1. The van der Waals surface area contributed by atoms with Gasteiger partial charge in [-0.1, -0.05) is 31.8 Å². The number of rotatable bonds is 8. The van der Waals surface area contributed by atoms with E-state index in [-0.39, 0.29) is 0 Å². The summed E-state index contributed by atoms with van der Waals surface area (Å²) < 4.78 is 5.63. The van der Waals surface area contributed by atoms with Crippen LogP contribution in [0.25, 0.3) is 0 Å². The molecular formula is C15H24O3Si. The number of carboxylic acid groups (broad SMARTS) is 1. The highest BCUT2D eigenvalue weighted by Gasteiger charge is 2.11. The first-order valence-electron chi connectivity index (χ1n) is 6.78. The quantitative estimate of drug-likeness (QED) is 0.584. The van der Waals surface area contributed by atoms with Crippen molar-refractivity contribution in [1.82, 2.24) is 0 Å². The average molecular weight is 280 g/mol. The number of hydrogen-bond acceptors (Lipinski definition) is 2. The summed E-state index contributed by atoms with van der Waals surface area (Å²) in [6.45, 7) is 8.63. The third kappa shape index (κ3) is 7.13. The van der Waals surface area contributed by atoms with Crippen molar-refractivity contribution >= 4 is 14.0 Å². The van der Waals surface area contributed by atoms with Crippen molar-refractivity contribution < 1.29 is 14.6 Å². The highest BCUT2D eigenvalue weighted by Crippen LogP contribution is 2.09. The number of ether oxygens (including phenoxy) is 1. The maximum Gasteiger partial charge on any atom is 0.335 e. The molecule has 0 amide bonds. The number of aryl methyl sites for hydroxylation is 1. The van der Waals surface area contributed by atoms with E-state index in [0.29, 0.717) is 5.56 Å². The maximum atomic E-state index is 10.8. The van der Waals surface area contributed by atoms with E-state index in [0.717, 1.165) is 31.6 Å². The Hall–Kier alpha value is -1.13. The molecular weight excluding hydrogens is 256 g/mol. The van der Waals surface area contributed by atoms with E-state index in [1.807, 2.05) is 6.07 Å². The van der Waals surface area contributed by atoms with Crippen LogP contribution in [0.15, 0.2) is 24.3 Å². The fourth-order valence-electron chi connectivity index (χ4n) is 1.72. The topological polar surface area (TPSA) is 46.5 Å². The maximum absolute atomic E-state index is 10.8. The van der Waals surface area contributed by atoms with Gasteiger partial charge in [0.2, 0.25) is 0 Å². The van der Waals surface area contributed by atoms with E-state index < -0.39 is 14.0 Å². The van der Waals surface area contributed by atoms with Gasteiger partial charge >= 0.3 is 5.97 Å². The number of aromatic carboxylic acids is 1. The van der Waals surface area contributed by atoms with Gasteiger partial charge in [-0.15, -0.1) is 0 Å². The number of benzene rings is 1. The van der Waals surface area contributed by atoms with Crippen molar-refractivity contribution in [2.75, 3.05) is 13.2 Å². The van der Waals surface area contributed by atoms with Gasteiger partial charge in [0.15, 0.2) is 0 Å². The molecule has 0 saturated carbocycles. The van der Waals surface area contributed by atoms with Gasteiger partial charge in [0.1, 0.15) is 0 Å². The second-order valence-corrected chi connectivity index (χ2v) is 11.7. The molecule has 0 unspecified atom stereocenters. The van der Waals surface area contributed by atoms with Crippen LogP contribution in [-0.2, 0) is 11.2 Å². The van der Waals surface area contributed by atoms with Gasteiger partial charge in [0.05, 0.1) is 5.56 Å². The molecule has 0 aliphatic heterocycles. The van der Waals surface area contributed by atoms with Crippen molar-refractivity contribution in [3.05, 3.63) is 35.4 Å². The second-order valence-electron chi connectivity index (χ2n) is 6.03. The van der Waals surface area contributed by atoms with E-state index in [4.69, 9.17) is 9.84 Å². The van der Waals surface area contributed by atoms with Crippen LogP contribution in [0.2, 0.25) is 25.7 Å². The normalized spacial score (nSPS) is 11.5. The van der Waals surface area contributed by atoms with E-state index in [9.17, 15) is 4.79 Å². The van der Waals surface area contributed by atoms with Gasteiger partial charge in [-0.2, -0.15) is 0 Å². The molecule has 0 aromatic heterocycles. The van der Waals surface area contributed by atoms with Gasteiger partial charge in [-0.05, 0) is 36.6 Å². The molecule has 0 aliphatic rings. The largest absolute Gasteiger partial charge is 0.478 e. The molecule has 1 aromatic carbocycles. The van der Waals surface area contributed by atoms with Gasteiger partial charge < -0.3 is 9.84 Å². The van der Waals surface area contributed by atoms with E-state index in [1.165, 1.54) is 6.04 Å². The third-order valence-electron chi connectivity index (χ3n) is 2.92. The molecule has 0 heterocycles. The zero-order valence-corrected chi connectivity index (χ0v) is 13.1. The molecule has 4 heteroatoms. The van der Waals surface area contributed by atoms with E-state index in [2.05, 4.69) is 19.6 Å². The number of carbonyl (C=O) groups is 1. The molecule has 0 fully saturated rings. The highest BCUT2D eigenvalue weighted by atomic mass is 28.3. The van der Waals surface area contributed by atoms with Crippen LogP contribution in [0.1, 0.15) is 22.3 Å². The van der Waals surface area contributed by atoms with Crippen LogP contribution in [-0.4, -0.2) is 32.4 Å². The number of hydrogen-bond donors (Lipinski definition) is 1. The second kappa shape index (κ2) is 7.45. The zero-order valence-electron chi connectivity index (χ0n) is 12.1. The van der Waals surface area contributed by atoms with Gasteiger partial charge in [0, 0.05) is 21.3 Å². The smallest absolute Gasteiger partial charge is 0.335 e. The standard InChI is InChI=1S/C15H24O3Si/c1-19(2,3)11-10-18-9-5-7-13-6-4-8-14(12-13)15(16)17/h4,6,8,12H,5,7,9-11H2,1-3H3,(H,16,17). The van der Waals surface area contributed by atoms with Crippen molar-refractivity contribution in [2.24, 2.45) is 0 Å². The average Bonchev–Trinajstić information content (AvgIpc) is 2.32. The molecule has 0 radical (unpaired) electrons. The Kier molecular flexibility index (Phi) is 6.25. The van der Waals surface area contributed by atoms with Gasteiger partial charge in [-0.3, -0.25) is 0 Å². The Morgan fingerprint density at radius 1 is 1.26 bits per heavy atom. The monoisotopic (exact) mass is 280 g/mol. The molecule has 19 heavy (non-hydrogen) atoms. The highest BCUT2D eigenvalue weighted by molar-refractivity contribution is 6.76. The summed E-state index contributed by atoms with van der Waals surface area (Å²) in [5.41, 5.74) is 1.42. The Labute approximate surface area is 116 Å². The fourth-order valence-corrected chi connectivity index (χ4v) is 2.48. The third-order valence-corrected chi connectivity index (χ3v) is 4.63. The Morgan fingerprint density at radius 2 is 2.00 bits per heavy atom. The Bertz CT molecular complexity index is 410. The van der Waals surface area contributed by atoms with Crippen LogP contribution in [0.4, 0.5) is 0 Å². The van der Waals surface area contributed by atoms with Crippen LogP contribution >= 0.6 is 0 Å². The summed E-state index contributed by atoms with van der Waals surface area (Å²) >= 11 is 0. The Balaban J connectivity index is 2.23. The minimum Gasteiger partial charge on any atom is -0.478 e. The van der Waals surface area contributed by atoms with Crippen molar-refractivity contribution in [2.45, 2.75) is 38.5 Å². The van der Waals surface area contributed by atoms with Crippen LogP contribution in [0.5, 0.6) is 0 Å². The lowest BCUT2D eigenvalue weighted by Gasteiger charge is -2.15. The predicted molar refractivity (Wildman–Crippen MR) is 80.7 cm³/mol. The van der Waals surface area contributed by atoms with Crippen molar-refractivity contribution in [3.8, 4) is 0 Å². The van der Waals surface area contributed by atoms with Gasteiger partial charge in [-0.25, -0.2) is 4.79 Å². The van der Waals surface area contributed by atoms with Crippen LogP contribution < -0.4 is 0 Å². The zero-order chi connectivity index (χ0) is 14.3. The molecule has 1 N–H and O–H groups in total. The summed E-state index contributed by atoms with van der Waals surface area (Å²) in [5.74, 6) is -0.867. The Morgan fingerprint density at radius 3 is 2.63 bits per heavy atom. The molecule has 0 saturated heterocycles. The lowest BCUT2D eigenvalue weighted by atomic mass is 10.1. The minimum absolute atomic E-state index is 0.358. The lowest BCUT2D eigenvalue weighted by molar-refractivity contribution is 0.0696. The molecule has 0 spiro atoms. The summed E-state index contributed by atoms with van der Waals surface area (Å²) in [7, 11) is -0.992. The van der Waals surface area contributed by atoms with Gasteiger partial charge in [0.25, 0.3) is 0 Å². The minimum atomic E-state index is -0.992. The fraction of sp³-hybridized carbons (Fsp3) is 0.533. The van der Waals surface area contributed by atoms with Crippen molar-refractivity contribution in [3.63, 3.8) is 0 Å². The summed E-state index contributed by atoms with van der Waals surface area (Å²) in [6, 6.07) is 8.32. The molecule has 3 nitrogen and oxygen atoms in total. The summed E-state index contributed by atoms with van der Waals surface area (Å²) in [4.78, 5) is 10.8. The lowest BCUT2D eigenvalue weighted by Crippen LogP contribution is -2.21. The first-order valence-corrected chi connectivity index (χ1v) is 10.5. The molecule has 1 aromatic rings. The molecule has 0 atom stereocenters. The van der Waals surface area contributed by atoms with Crippen LogP contribution in [0.3, 0.4) is 0 Å². The molecule has 0 bridgehead atoms. The first-order chi connectivity index (χ1) is 8.88. The summed E-state index contributed by atoms with van der Waals surface area (Å²) in [5, 5.41) is 8.91. The van der Waals surface area contributed by atoms with Crippen molar-refractivity contribution in [1.29, 1.82) is 0 Å². The first kappa shape index (κ1) is 15.9. The predicted octanol–water partition coefficient (Wildman–Crippen LogP) is 3.67. The summed E-state index contributed by atoms with van der Waals surface area (Å²) in [6.07, 6.45) is 1.81. The molecule has 1 rings (SSSR count). The molecule has 0 aliphatic carbocycles. The van der Waals surface area contributed by atoms with E-state index >= 15 is 0 Å². The SMILES string of the molecule is C[Si](C)(C)CCOCCCc1cccc(C(=O)O)c1. The van der Waals surface area contributed by atoms with Crippen LogP contribution in [0, 0.1) is 0 Å². The molecule has 106 valence electrons. The van der Waals surface area contributed by atoms with E-state index in [1.54, 1.807) is 18.2 Å².